The Morgan fingerprint density at radius 2 is 2.00 bits per heavy atom. The smallest absolute Gasteiger partial charge is 0.0480 e. The van der Waals surface area contributed by atoms with Gasteiger partial charge in [-0.25, -0.2) is 0 Å². The van der Waals surface area contributed by atoms with Gasteiger partial charge < -0.3 is 10.1 Å². The molecule has 0 saturated carbocycles. The van der Waals surface area contributed by atoms with Crippen LogP contribution in [0.1, 0.15) is 42.5 Å². The van der Waals surface area contributed by atoms with Gasteiger partial charge in [-0.15, -0.1) is 0 Å². The van der Waals surface area contributed by atoms with Gasteiger partial charge in [0.25, 0.3) is 0 Å². The maximum Gasteiger partial charge on any atom is 0.0480 e. The maximum absolute atomic E-state index is 5.19. The van der Waals surface area contributed by atoms with E-state index in [0.29, 0.717) is 6.04 Å². The summed E-state index contributed by atoms with van der Waals surface area (Å²) >= 11 is 0. The van der Waals surface area contributed by atoms with Crippen molar-refractivity contribution in [3.8, 4) is 0 Å². The first-order valence-corrected chi connectivity index (χ1v) is 6.48. The van der Waals surface area contributed by atoms with Gasteiger partial charge in [0.1, 0.15) is 0 Å². The Labute approximate surface area is 105 Å². The molecule has 0 aliphatic rings. The van der Waals surface area contributed by atoms with E-state index in [9.17, 15) is 0 Å². The summed E-state index contributed by atoms with van der Waals surface area (Å²) < 4.78 is 5.19. The lowest BCUT2D eigenvalue weighted by Crippen LogP contribution is -2.23. The molecule has 0 amide bonds. The number of hydrogen-bond acceptors (Lipinski definition) is 2. The molecule has 2 nitrogen and oxygen atoms in total. The third-order valence-corrected chi connectivity index (χ3v) is 3.18. The normalized spacial score (nSPS) is 12.7. The van der Waals surface area contributed by atoms with Crippen LogP contribution in [0.3, 0.4) is 0 Å². The molecule has 0 aliphatic carbocycles. The number of ether oxygens (including phenoxy) is 1. The molecule has 0 radical (unpaired) electrons. The quantitative estimate of drug-likeness (QED) is 0.782. The predicted octanol–water partition coefficient (Wildman–Crippen LogP) is 3.38. The van der Waals surface area contributed by atoms with E-state index in [1.54, 1.807) is 7.11 Å². The second kappa shape index (κ2) is 7.46. The van der Waals surface area contributed by atoms with Crippen LogP contribution >= 0.6 is 0 Å². The number of benzene rings is 1. The Kier molecular flexibility index (Phi) is 6.23. The topological polar surface area (TPSA) is 21.3 Å². The molecule has 0 bridgehead atoms. The molecular weight excluding hydrogens is 210 g/mol. The Hall–Kier alpha value is -0.860. The summed E-state index contributed by atoms with van der Waals surface area (Å²) in [5, 5.41) is 3.59. The van der Waals surface area contributed by atoms with Gasteiger partial charge in [-0.1, -0.05) is 25.1 Å². The highest BCUT2D eigenvalue weighted by atomic mass is 16.5. The SMILES string of the molecule is CCCNC(CCOC)c1ccc(C)c(C)c1. The zero-order valence-corrected chi connectivity index (χ0v) is 11.5. The van der Waals surface area contributed by atoms with E-state index in [1.807, 2.05) is 0 Å². The minimum Gasteiger partial charge on any atom is -0.385 e. The second-order valence-corrected chi connectivity index (χ2v) is 4.63. The molecule has 0 aromatic heterocycles. The molecule has 1 aromatic rings. The summed E-state index contributed by atoms with van der Waals surface area (Å²) in [5.41, 5.74) is 4.09. The molecule has 0 heterocycles. The number of hydrogen-bond donors (Lipinski definition) is 1. The van der Waals surface area contributed by atoms with Crippen molar-refractivity contribution in [1.29, 1.82) is 0 Å². The van der Waals surface area contributed by atoms with Crippen LogP contribution in [0.15, 0.2) is 18.2 Å². The lowest BCUT2D eigenvalue weighted by atomic mass is 9.99. The van der Waals surface area contributed by atoms with Gasteiger partial charge in [0.05, 0.1) is 0 Å². The average molecular weight is 235 g/mol. The zero-order valence-electron chi connectivity index (χ0n) is 11.5. The molecule has 1 unspecified atom stereocenters. The van der Waals surface area contributed by atoms with E-state index in [2.05, 4.69) is 44.3 Å². The first-order valence-electron chi connectivity index (χ1n) is 6.48. The molecule has 0 spiro atoms. The molecule has 1 rings (SSSR count). The highest BCUT2D eigenvalue weighted by molar-refractivity contribution is 5.31. The fraction of sp³-hybridized carbons (Fsp3) is 0.600. The first-order chi connectivity index (χ1) is 8.19. The summed E-state index contributed by atoms with van der Waals surface area (Å²) in [6.07, 6.45) is 2.19. The van der Waals surface area contributed by atoms with Crippen LogP contribution in [0.2, 0.25) is 0 Å². The second-order valence-electron chi connectivity index (χ2n) is 4.63. The van der Waals surface area contributed by atoms with Crippen molar-refractivity contribution in [3.05, 3.63) is 34.9 Å². The molecular formula is C15H25NO. The molecule has 1 N–H and O–H groups in total. The fourth-order valence-electron chi connectivity index (χ4n) is 1.92. The van der Waals surface area contributed by atoms with Gasteiger partial charge in [0.15, 0.2) is 0 Å². The third-order valence-electron chi connectivity index (χ3n) is 3.18. The Bertz CT molecular complexity index is 328. The first kappa shape index (κ1) is 14.2. The van der Waals surface area contributed by atoms with Crippen LogP contribution < -0.4 is 5.32 Å². The minimum absolute atomic E-state index is 0.411. The van der Waals surface area contributed by atoms with Crippen LogP contribution in [0.25, 0.3) is 0 Å². The van der Waals surface area contributed by atoms with Crippen molar-refractivity contribution in [1.82, 2.24) is 5.32 Å². The van der Waals surface area contributed by atoms with Crippen LogP contribution in [0.5, 0.6) is 0 Å². The molecule has 0 aliphatic heterocycles. The number of nitrogens with one attached hydrogen (secondary N) is 1. The Morgan fingerprint density at radius 1 is 1.24 bits per heavy atom. The van der Waals surface area contributed by atoms with Crippen molar-refractivity contribution >= 4 is 0 Å². The molecule has 1 atom stereocenters. The van der Waals surface area contributed by atoms with Crippen molar-refractivity contribution in [3.63, 3.8) is 0 Å². The van der Waals surface area contributed by atoms with Gasteiger partial charge >= 0.3 is 0 Å². The van der Waals surface area contributed by atoms with E-state index in [0.717, 1.165) is 26.0 Å². The Balaban J connectivity index is 2.75. The van der Waals surface area contributed by atoms with E-state index in [-0.39, 0.29) is 0 Å². The average Bonchev–Trinajstić information content (AvgIpc) is 2.33. The molecule has 96 valence electrons. The largest absolute Gasteiger partial charge is 0.385 e. The summed E-state index contributed by atoms with van der Waals surface area (Å²) in [4.78, 5) is 0. The highest BCUT2D eigenvalue weighted by Crippen LogP contribution is 2.20. The van der Waals surface area contributed by atoms with Crippen molar-refractivity contribution in [2.24, 2.45) is 0 Å². The van der Waals surface area contributed by atoms with Gasteiger partial charge in [0, 0.05) is 19.8 Å². The molecule has 0 saturated heterocycles. The predicted molar refractivity (Wildman–Crippen MR) is 73.4 cm³/mol. The maximum atomic E-state index is 5.19. The van der Waals surface area contributed by atoms with Gasteiger partial charge in [-0.2, -0.15) is 0 Å². The van der Waals surface area contributed by atoms with E-state index in [4.69, 9.17) is 4.74 Å². The number of rotatable bonds is 7. The van der Waals surface area contributed by atoms with Crippen LogP contribution in [0, 0.1) is 13.8 Å². The summed E-state index contributed by atoms with van der Waals surface area (Å²) in [6.45, 7) is 8.38. The number of methoxy groups -OCH3 is 1. The Morgan fingerprint density at radius 3 is 2.59 bits per heavy atom. The molecule has 17 heavy (non-hydrogen) atoms. The van der Waals surface area contributed by atoms with Gasteiger partial charge in [-0.3, -0.25) is 0 Å². The fourth-order valence-corrected chi connectivity index (χ4v) is 1.92. The van der Waals surface area contributed by atoms with E-state index in [1.165, 1.54) is 16.7 Å². The number of aryl methyl sites for hydroxylation is 2. The molecule has 2 heteroatoms. The highest BCUT2D eigenvalue weighted by Gasteiger charge is 2.10. The molecule has 0 fully saturated rings. The van der Waals surface area contributed by atoms with E-state index < -0.39 is 0 Å². The van der Waals surface area contributed by atoms with Crippen molar-refractivity contribution in [2.45, 2.75) is 39.7 Å². The van der Waals surface area contributed by atoms with Crippen molar-refractivity contribution in [2.75, 3.05) is 20.3 Å². The summed E-state index contributed by atoms with van der Waals surface area (Å²) in [7, 11) is 1.76. The lowest BCUT2D eigenvalue weighted by molar-refractivity contribution is 0.183. The van der Waals surface area contributed by atoms with Crippen LogP contribution in [-0.4, -0.2) is 20.3 Å². The van der Waals surface area contributed by atoms with Crippen LogP contribution in [-0.2, 0) is 4.74 Å². The van der Waals surface area contributed by atoms with E-state index >= 15 is 0 Å². The monoisotopic (exact) mass is 235 g/mol. The standard InChI is InChI=1S/C15H25NO/c1-5-9-16-15(8-10-17-4)14-7-6-12(2)13(3)11-14/h6-7,11,15-16H,5,8-10H2,1-4H3. The zero-order chi connectivity index (χ0) is 12.7. The minimum atomic E-state index is 0.411. The van der Waals surface area contributed by atoms with Crippen molar-refractivity contribution < 1.29 is 4.74 Å². The van der Waals surface area contributed by atoms with Gasteiger partial charge in [0.2, 0.25) is 0 Å². The lowest BCUT2D eigenvalue weighted by Gasteiger charge is -2.19. The van der Waals surface area contributed by atoms with Gasteiger partial charge in [-0.05, 0) is 49.9 Å². The summed E-state index contributed by atoms with van der Waals surface area (Å²) in [5.74, 6) is 0. The third kappa shape index (κ3) is 4.49. The van der Waals surface area contributed by atoms with Crippen LogP contribution in [0.4, 0.5) is 0 Å². The summed E-state index contributed by atoms with van der Waals surface area (Å²) in [6, 6.07) is 7.14. The molecule has 1 aromatic carbocycles.